The van der Waals surface area contributed by atoms with Gasteiger partial charge in [0.25, 0.3) is 5.91 Å². The average Bonchev–Trinajstić information content (AvgIpc) is 2.34. The van der Waals surface area contributed by atoms with Gasteiger partial charge in [0.15, 0.2) is 0 Å². The highest BCUT2D eigenvalue weighted by molar-refractivity contribution is 5.94. The van der Waals surface area contributed by atoms with E-state index in [9.17, 15) is 4.79 Å². The Hall–Kier alpha value is -1.51. The van der Waals surface area contributed by atoms with E-state index in [1.54, 1.807) is 12.1 Å². The van der Waals surface area contributed by atoms with Crippen molar-refractivity contribution in [2.24, 2.45) is 0 Å². The number of carbonyl (C=O) groups is 1. The lowest BCUT2D eigenvalue weighted by Gasteiger charge is -2.10. The Morgan fingerprint density at radius 3 is 2.44 bits per heavy atom. The lowest BCUT2D eigenvalue weighted by Crippen LogP contribution is -2.24. The van der Waals surface area contributed by atoms with Crippen LogP contribution in [-0.2, 0) is 0 Å². The molecule has 0 saturated carbocycles. The maximum absolute atomic E-state index is 11.8. The molecule has 0 saturated heterocycles. The van der Waals surface area contributed by atoms with E-state index in [1.165, 1.54) is 0 Å². The minimum absolute atomic E-state index is 0.0119. The van der Waals surface area contributed by atoms with Crippen LogP contribution in [0.5, 0.6) is 5.75 Å². The molecule has 0 aliphatic heterocycles. The number of carbonyl (C=O) groups excluding carboxylic acids is 1. The summed E-state index contributed by atoms with van der Waals surface area (Å²) in [6, 6.07) is 7.27. The Balaban J connectivity index is 2.43. The van der Waals surface area contributed by atoms with Gasteiger partial charge in [0.2, 0.25) is 0 Å². The lowest BCUT2D eigenvalue weighted by atomic mass is 10.2. The lowest BCUT2D eigenvalue weighted by molar-refractivity contribution is 0.0953. The standard InChI is InChI=1S/C15H23NO2/c1-4-5-6-11-16-15(17)13-7-9-14(10-8-13)18-12(2)3/h7-10,12H,4-6,11H2,1-3H3,(H,16,17). The number of ether oxygens (including phenoxy) is 1. The fourth-order valence-electron chi connectivity index (χ4n) is 1.64. The Morgan fingerprint density at radius 1 is 1.22 bits per heavy atom. The van der Waals surface area contributed by atoms with Crippen molar-refractivity contribution < 1.29 is 9.53 Å². The van der Waals surface area contributed by atoms with Crippen molar-refractivity contribution in [2.75, 3.05) is 6.54 Å². The van der Waals surface area contributed by atoms with E-state index >= 15 is 0 Å². The van der Waals surface area contributed by atoms with Crippen molar-refractivity contribution in [1.29, 1.82) is 0 Å². The molecule has 0 unspecified atom stereocenters. The first-order valence-electron chi connectivity index (χ1n) is 6.68. The molecule has 0 spiro atoms. The number of benzene rings is 1. The molecule has 1 amide bonds. The van der Waals surface area contributed by atoms with Crippen LogP contribution >= 0.6 is 0 Å². The van der Waals surface area contributed by atoms with Crippen molar-refractivity contribution >= 4 is 5.91 Å². The molecule has 0 bridgehead atoms. The summed E-state index contributed by atoms with van der Waals surface area (Å²) in [5.74, 6) is 0.787. The highest BCUT2D eigenvalue weighted by Gasteiger charge is 2.05. The molecule has 0 fully saturated rings. The number of hydrogen-bond acceptors (Lipinski definition) is 2. The van der Waals surface area contributed by atoms with Crippen molar-refractivity contribution in [3.63, 3.8) is 0 Å². The van der Waals surface area contributed by atoms with Crippen LogP contribution in [0.3, 0.4) is 0 Å². The van der Waals surface area contributed by atoms with Crippen LogP contribution in [0.25, 0.3) is 0 Å². The molecule has 1 N–H and O–H groups in total. The summed E-state index contributed by atoms with van der Waals surface area (Å²) in [5.41, 5.74) is 0.683. The summed E-state index contributed by atoms with van der Waals surface area (Å²) in [7, 11) is 0. The molecule has 1 aromatic carbocycles. The molecule has 0 radical (unpaired) electrons. The molecule has 18 heavy (non-hydrogen) atoms. The first kappa shape index (κ1) is 14.6. The van der Waals surface area contributed by atoms with Crippen LogP contribution in [0.4, 0.5) is 0 Å². The van der Waals surface area contributed by atoms with Crippen LogP contribution in [0.1, 0.15) is 50.4 Å². The molecule has 0 atom stereocenters. The van der Waals surface area contributed by atoms with Crippen LogP contribution < -0.4 is 10.1 Å². The molecule has 0 aliphatic carbocycles. The van der Waals surface area contributed by atoms with Gasteiger partial charge < -0.3 is 10.1 Å². The smallest absolute Gasteiger partial charge is 0.251 e. The summed E-state index contributed by atoms with van der Waals surface area (Å²) < 4.78 is 5.53. The molecule has 0 aliphatic rings. The molecular weight excluding hydrogens is 226 g/mol. The molecule has 3 heteroatoms. The summed E-state index contributed by atoms with van der Waals surface area (Å²) in [4.78, 5) is 11.8. The Kier molecular flexibility index (Phi) is 6.26. The van der Waals surface area contributed by atoms with Gasteiger partial charge in [0.1, 0.15) is 5.75 Å². The molecule has 0 aromatic heterocycles. The van der Waals surface area contributed by atoms with Crippen molar-refractivity contribution in [3.05, 3.63) is 29.8 Å². The van der Waals surface area contributed by atoms with Gasteiger partial charge in [-0.1, -0.05) is 19.8 Å². The number of amides is 1. The monoisotopic (exact) mass is 249 g/mol. The van der Waals surface area contributed by atoms with E-state index in [-0.39, 0.29) is 12.0 Å². The van der Waals surface area contributed by atoms with Crippen molar-refractivity contribution in [2.45, 2.75) is 46.1 Å². The van der Waals surface area contributed by atoms with E-state index in [2.05, 4.69) is 12.2 Å². The third-order valence-corrected chi connectivity index (χ3v) is 2.55. The zero-order valence-corrected chi connectivity index (χ0v) is 11.5. The highest BCUT2D eigenvalue weighted by atomic mass is 16.5. The maximum Gasteiger partial charge on any atom is 0.251 e. The second-order valence-corrected chi connectivity index (χ2v) is 4.65. The summed E-state index contributed by atoms with van der Waals surface area (Å²) >= 11 is 0. The van der Waals surface area contributed by atoms with E-state index in [0.29, 0.717) is 5.56 Å². The van der Waals surface area contributed by atoms with Crippen LogP contribution in [0.15, 0.2) is 24.3 Å². The van der Waals surface area contributed by atoms with Gasteiger partial charge in [-0.3, -0.25) is 4.79 Å². The zero-order valence-electron chi connectivity index (χ0n) is 11.5. The van der Waals surface area contributed by atoms with E-state index in [4.69, 9.17) is 4.74 Å². The predicted molar refractivity (Wildman–Crippen MR) is 74.1 cm³/mol. The summed E-state index contributed by atoms with van der Waals surface area (Å²) in [6.07, 6.45) is 3.51. The van der Waals surface area contributed by atoms with E-state index in [1.807, 2.05) is 26.0 Å². The van der Waals surface area contributed by atoms with Gasteiger partial charge in [-0.2, -0.15) is 0 Å². The van der Waals surface area contributed by atoms with Gasteiger partial charge in [-0.25, -0.2) is 0 Å². The largest absolute Gasteiger partial charge is 0.491 e. The fraction of sp³-hybridized carbons (Fsp3) is 0.533. The van der Waals surface area contributed by atoms with Gasteiger partial charge in [-0.15, -0.1) is 0 Å². The Morgan fingerprint density at radius 2 is 1.89 bits per heavy atom. The molecule has 0 heterocycles. The minimum Gasteiger partial charge on any atom is -0.491 e. The second kappa shape index (κ2) is 7.75. The fourth-order valence-corrected chi connectivity index (χ4v) is 1.64. The quantitative estimate of drug-likeness (QED) is 0.752. The third kappa shape index (κ3) is 5.21. The van der Waals surface area contributed by atoms with Gasteiger partial charge >= 0.3 is 0 Å². The van der Waals surface area contributed by atoms with E-state index < -0.39 is 0 Å². The Labute approximate surface area is 110 Å². The van der Waals surface area contributed by atoms with Gasteiger partial charge in [0.05, 0.1) is 6.10 Å². The highest BCUT2D eigenvalue weighted by Crippen LogP contribution is 2.13. The topological polar surface area (TPSA) is 38.3 Å². The molecule has 1 aromatic rings. The minimum atomic E-state index is -0.0119. The number of nitrogens with one attached hydrogen (secondary N) is 1. The molecular formula is C15H23NO2. The van der Waals surface area contributed by atoms with E-state index in [0.717, 1.165) is 31.6 Å². The van der Waals surface area contributed by atoms with Crippen LogP contribution in [0.2, 0.25) is 0 Å². The van der Waals surface area contributed by atoms with Crippen molar-refractivity contribution in [3.8, 4) is 5.75 Å². The normalized spacial score (nSPS) is 10.4. The third-order valence-electron chi connectivity index (χ3n) is 2.55. The number of hydrogen-bond donors (Lipinski definition) is 1. The van der Waals surface area contributed by atoms with Crippen LogP contribution in [-0.4, -0.2) is 18.6 Å². The first-order valence-corrected chi connectivity index (χ1v) is 6.68. The molecule has 1 rings (SSSR count). The van der Waals surface area contributed by atoms with Gasteiger partial charge in [-0.05, 0) is 44.5 Å². The second-order valence-electron chi connectivity index (χ2n) is 4.65. The van der Waals surface area contributed by atoms with Crippen molar-refractivity contribution in [1.82, 2.24) is 5.32 Å². The van der Waals surface area contributed by atoms with Crippen LogP contribution in [0, 0.1) is 0 Å². The summed E-state index contributed by atoms with van der Waals surface area (Å²) in [5, 5.41) is 2.91. The zero-order chi connectivity index (χ0) is 13.4. The maximum atomic E-state index is 11.8. The SMILES string of the molecule is CCCCCNC(=O)c1ccc(OC(C)C)cc1. The predicted octanol–water partition coefficient (Wildman–Crippen LogP) is 3.39. The molecule has 100 valence electrons. The van der Waals surface area contributed by atoms with Gasteiger partial charge in [0, 0.05) is 12.1 Å². The first-order chi connectivity index (χ1) is 8.63. The number of rotatable bonds is 7. The summed E-state index contributed by atoms with van der Waals surface area (Å²) in [6.45, 7) is 6.86. The average molecular weight is 249 g/mol. The Bertz CT molecular complexity index is 357. The molecule has 3 nitrogen and oxygen atoms in total. The number of unbranched alkanes of at least 4 members (excludes halogenated alkanes) is 2.